The molecule has 0 aromatic rings. The van der Waals surface area contributed by atoms with E-state index < -0.39 is 41.9 Å². The zero-order chi connectivity index (χ0) is 21.3. The quantitative estimate of drug-likeness (QED) is 0.312. The Labute approximate surface area is 164 Å². The molecule has 1 aliphatic rings. The van der Waals surface area contributed by atoms with Gasteiger partial charge in [0.2, 0.25) is 11.8 Å². The molecule has 1 saturated heterocycles. The fourth-order valence-corrected chi connectivity index (χ4v) is 2.84. The summed E-state index contributed by atoms with van der Waals surface area (Å²) in [6, 6.07) is -2.94. The number of carbonyl (C=O) groups is 4. The van der Waals surface area contributed by atoms with Crippen LogP contribution >= 0.6 is 0 Å². The molecule has 1 fully saturated rings. The normalized spacial score (nSPS) is 18.0. The van der Waals surface area contributed by atoms with Gasteiger partial charge in [-0.05, 0) is 46.0 Å². The number of carbonyl (C=O) groups excluding carboxylic acids is 2. The van der Waals surface area contributed by atoms with E-state index in [9.17, 15) is 29.4 Å². The Balaban J connectivity index is 2.66. The van der Waals surface area contributed by atoms with Crippen molar-refractivity contribution in [2.45, 2.75) is 64.1 Å². The fraction of sp³-hybridized carbons (Fsp3) is 0.667. The number of hydrogen-bond donors (Lipinski definition) is 5. The maximum Gasteiger partial charge on any atom is 0.351 e. The molecule has 3 atom stereocenters. The van der Waals surface area contributed by atoms with E-state index in [0.29, 0.717) is 13.1 Å². The van der Waals surface area contributed by atoms with Crippen molar-refractivity contribution in [2.24, 2.45) is 5.73 Å². The van der Waals surface area contributed by atoms with Crippen LogP contribution in [0.15, 0.2) is 11.8 Å². The second-order valence-corrected chi connectivity index (χ2v) is 6.94. The summed E-state index contributed by atoms with van der Waals surface area (Å²) in [7, 11) is 0. The van der Waals surface area contributed by atoms with Gasteiger partial charge in [0.1, 0.15) is 17.8 Å². The number of allylic oxidation sites excluding steroid dienone is 1. The summed E-state index contributed by atoms with van der Waals surface area (Å²) < 4.78 is 0. The summed E-state index contributed by atoms with van der Waals surface area (Å²) in [5, 5.41) is 23.5. The summed E-state index contributed by atoms with van der Waals surface area (Å²) >= 11 is 0. The molecule has 2 amide bonds. The number of carboxylic acids is 2. The summed E-state index contributed by atoms with van der Waals surface area (Å²) in [6.45, 7) is 4.21. The molecular formula is C18H30N4O6. The monoisotopic (exact) mass is 398 g/mol. The second-order valence-electron chi connectivity index (χ2n) is 6.94. The lowest BCUT2D eigenvalue weighted by molar-refractivity contribution is -0.142. The van der Waals surface area contributed by atoms with Crippen LogP contribution < -0.4 is 16.4 Å². The molecule has 6 N–H and O–H groups in total. The molecule has 158 valence electrons. The van der Waals surface area contributed by atoms with E-state index in [1.54, 1.807) is 4.90 Å². The van der Waals surface area contributed by atoms with E-state index in [2.05, 4.69) is 10.6 Å². The Morgan fingerprint density at radius 2 is 1.64 bits per heavy atom. The van der Waals surface area contributed by atoms with Crippen molar-refractivity contribution in [2.75, 3.05) is 13.1 Å². The highest BCUT2D eigenvalue weighted by Gasteiger charge is 2.25. The van der Waals surface area contributed by atoms with E-state index in [-0.39, 0.29) is 18.5 Å². The van der Waals surface area contributed by atoms with E-state index in [4.69, 9.17) is 5.73 Å². The minimum atomic E-state index is -1.23. The number of nitrogens with one attached hydrogen (secondary N) is 2. The highest BCUT2D eigenvalue weighted by molar-refractivity contribution is 5.91. The van der Waals surface area contributed by atoms with Crippen LogP contribution in [0.3, 0.4) is 0 Å². The number of nitrogens with zero attached hydrogens (tertiary/aromatic N) is 1. The van der Waals surface area contributed by atoms with Crippen LogP contribution in [-0.2, 0) is 19.2 Å². The molecule has 1 heterocycles. The first kappa shape index (κ1) is 23.4. The number of rotatable bonds is 10. The van der Waals surface area contributed by atoms with E-state index in [1.807, 2.05) is 0 Å². The largest absolute Gasteiger partial charge is 0.480 e. The Hall–Kier alpha value is -2.62. The van der Waals surface area contributed by atoms with Crippen LogP contribution in [0.2, 0.25) is 0 Å². The van der Waals surface area contributed by atoms with Gasteiger partial charge in [-0.15, -0.1) is 0 Å². The van der Waals surface area contributed by atoms with Gasteiger partial charge >= 0.3 is 11.9 Å². The zero-order valence-electron chi connectivity index (χ0n) is 16.3. The predicted molar refractivity (Wildman–Crippen MR) is 101 cm³/mol. The fourth-order valence-electron chi connectivity index (χ4n) is 2.84. The third-order valence-electron chi connectivity index (χ3n) is 4.49. The lowest BCUT2D eigenvalue weighted by atomic mass is 10.1. The lowest BCUT2D eigenvalue weighted by Gasteiger charge is -2.29. The van der Waals surface area contributed by atoms with Gasteiger partial charge in [0.15, 0.2) is 0 Å². The molecule has 0 bridgehead atoms. The number of likely N-dealkylation sites (tertiary alicyclic amines) is 1. The minimum absolute atomic E-state index is 0.0274. The maximum absolute atomic E-state index is 12.1. The van der Waals surface area contributed by atoms with Crippen LogP contribution in [-0.4, -0.2) is 70.1 Å². The van der Waals surface area contributed by atoms with Gasteiger partial charge in [-0.1, -0.05) is 6.08 Å². The SMILES string of the molecule is C[C@H](N)C(=O)N[C@@H](C)C(=O)N[C@@H](CC/C=C(/C(=O)O)N1CCCCC1)C(=O)O. The topological polar surface area (TPSA) is 162 Å². The predicted octanol–water partition coefficient (Wildman–Crippen LogP) is -0.358. The van der Waals surface area contributed by atoms with Crippen molar-refractivity contribution in [3.8, 4) is 0 Å². The zero-order valence-corrected chi connectivity index (χ0v) is 16.3. The molecule has 0 aromatic heterocycles. The van der Waals surface area contributed by atoms with Gasteiger partial charge in [-0.25, -0.2) is 9.59 Å². The average molecular weight is 398 g/mol. The van der Waals surface area contributed by atoms with E-state index in [1.165, 1.54) is 19.9 Å². The Morgan fingerprint density at radius 1 is 1.04 bits per heavy atom. The Bertz CT molecular complexity index is 613. The third kappa shape index (κ3) is 7.55. The maximum atomic E-state index is 12.1. The smallest absolute Gasteiger partial charge is 0.351 e. The lowest BCUT2D eigenvalue weighted by Crippen LogP contribution is -2.52. The van der Waals surface area contributed by atoms with Crippen molar-refractivity contribution < 1.29 is 29.4 Å². The van der Waals surface area contributed by atoms with Crippen LogP contribution in [0.4, 0.5) is 0 Å². The van der Waals surface area contributed by atoms with Crippen LogP contribution in [0.1, 0.15) is 46.0 Å². The first-order chi connectivity index (χ1) is 13.1. The Morgan fingerprint density at radius 3 is 2.14 bits per heavy atom. The third-order valence-corrected chi connectivity index (χ3v) is 4.49. The van der Waals surface area contributed by atoms with Crippen molar-refractivity contribution >= 4 is 23.8 Å². The number of carboxylic acid groups (broad SMARTS) is 2. The highest BCUT2D eigenvalue weighted by atomic mass is 16.4. The van der Waals surface area contributed by atoms with Gasteiger partial charge in [-0.3, -0.25) is 9.59 Å². The molecule has 1 rings (SSSR count). The summed E-state index contributed by atoms with van der Waals surface area (Å²) in [5.41, 5.74) is 5.58. The molecular weight excluding hydrogens is 368 g/mol. The van der Waals surface area contributed by atoms with Gasteiger partial charge < -0.3 is 31.5 Å². The van der Waals surface area contributed by atoms with Gasteiger partial charge in [-0.2, -0.15) is 0 Å². The first-order valence-electron chi connectivity index (χ1n) is 9.41. The van der Waals surface area contributed by atoms with Crippen molar-refractivity contribution in [3.05, 3.63) is 11.8 Å². The van der Waals surface area contributed by atoms with Crippen LogP contribution in [0.5, 0.6) is 0 Å². The average Bonchev–Trinajstić information content (AvgIpc) is 2.63. The summed E-state index contributed by atoms with van der Waals surface area (Å²) in [4.78, 5) is 48.4. The summed E-state index contributed by atoms with van der Waals surface area (Å²) in [6.07, 6.45) is 4.60. The highest BCUT2D eigenvalue weighted by Crippen LogP contribution is 2.16. The number of aliphatic carboxylic acids is 2. The van der Waals surface area contributed by atoms with E-state index >= 15 is 0 Å². The standard InChI is InChI=1S/C18H30N4O6/c1-11(19)15(23)20-12(2)16(24)21-13(17(25)26)7-6-8-14(18(27)28)22-9-4-3-5-10-22/h8,11-13H,3-7,9-10,19H2,1-2H3,(H,20,23)(H,21,24)(H,25,26)(H,27,28)/b14-8-/t11-,12-,13-/m0/s1. The second kappa shape index (κ2) is 11.3. The molecule has 0 saturated carbocycles. The van der Waals surface area contributed by atoms with Gasteiger partial charge in [0.05, 0.1) is 6.04 Å². The molecule has 0 aliphatic carbocycles. The minimum Gasteiger partial charge on any atom is -0.480 e. The van der Waals surface area contributed by atoms with Crippen molar-refractivity contribution in [1.82, 2.24) is 15.5 Å². The van der Waals surface area contributed by atoms with Crippen molar-refractivity contribution in [1.29, 1.82) is 0 Å². The molecule has 28 heavy (non-hydrogen) atoms. The van der Waals surface area contributed by atoms with Gasteiger partial charge in [0, 0.05) is 13.1 Å². The number of nitrogens with two attached hydrogens (primary N) is 1. The van der Waals surface area contributed by atoms with Crippen molar-refractivity contribution in [3.63, 3.8) is 0 Å². The Kier molecular flexibility index (Phi) is 9.43. The molecule has 10 nitrogen and oxygen atoms in total. The van der Waals surface area contributed by atoms with Gasteiger partial charge in [0.25, 0.3) is 0 Å². The van der Waals surface area contributed by atoms with Crippen LogP contribution in [0.25, 0.3) is 0 Å². The van der Waals surface area contributed by atoms with Crippen LogP contribution in [0, 0.1) is 0 Å². The number of amides is 2. The molecule has 10 heteroatoms. The number of piperidine rings is 1. The molecule has 1 aliphatic heterocycles. The molecule has 0 unspecified atom stereocenters. The molecule has 0 spiro atoms. The first-order valence-corrected chi connectivity index (χ1v) is 9.41. The van der Waals surface area contributed by atoms with E-state index in [0.717, 1.165) is 19.3 Å². The molecule has 0 radical (unpaired) electrons. The molecule has 0 aromatic carbocycles. The number of hydrogen-bond acceptors (Lipinski definition) is 6. The summed E-state index contributed by atoms with van der Waals surface area (Å²) in [5.74, 6) is -3.46.